The first-order valence-electron chi connectivity index (χ1n) is 6.50. The van der Waals surface area contributed by atoms with Gasteiger partial charge in [0.2, 0.25) is 0 Å². The molecule has 1 aliphatic rings. The molecule has 108 valence electrons. The van der Waals surface area contributed by atoms with E-state index in [0.29, 0.717) is 12.8 Å². The second-order valence-corrected chi connectivity index (χ2v) is 5.18. The van der Waals surface area contributed by atoms with Crippen molar-refractivity contribution in [3.05, 3.63) is 29.8 Å². The number of cyclic esters (lactones) is 2. The maximum Gasteiger partial charge on any atom is 0.323 e. The van der Waals surface area contributed by atoms with Crippen LogP contribution in [-0.4, -0.2) is 24.8 Å². The van der Waals surface area contributed by atoms with Crippen molar-refractivity contribution in [2.45, 2.75) is 32.5 Å². The Morgan fingerprint density at radius 1 is 1.10 bits per heavy atom. The van der Waals surface area contributed by atoms with Crippen LogP contribution >= 0.6 is 0 Å². The average Bonchev–Trinajstić information content (AvgIpc) is 2.37. The Morgan fingerprint density at radius 2 is 1.65 bits per heavy atom. The van der Waals surface area contributed by atoms with Crippen molar-refractivity contribution in [2.75, 3.05) is 7.11 Å². The van der Waals surface area contributed by atoms with Crippen LogP contribution in [0.1, 0.15) is 25.8 Å². The van der Waals surface area contributed by atoms with Gasteiger partial charge in [0.1, 0.15) is 5.75 Å². The van der Waals surface area contributed by atoms with Crippen molar-refractivity contribution in [2.24, 2.45) is 5.92 Å². The summed E-state index contributed by atoms with van der Waals surface area (Å²) in [6.45, 7) is 3.09. The number of methoxy groups -OCH3 is 1. The van der Waals surface area contributed by atoms with E-state index >= 15 is 0 Å². The van der Waals surface area contributed by atoms with Crippen molar-refractivity contribution >= 4 is 11.9 Å². The summed E-state index contributed by atoms with van der Waals surface area (Å²) in [4.78, 5) is 23.6. The third-order valence-electron chi connectivity index (χ3n) is 3.14. The molecule has 1 aromatic rings. The number of rotatable bonds is 4. The first-order valence-corrected chi connectivity index (χ1v) is 6.50. The fourth-order valence-electron chi connectivity index (χ4n) is 2.08. The van der Waals surface area contributed by atoms with Crippen LogP contribution in [0.25, 0.3) is 0 Å². The summed E-state index contributed by atoms with van der Waals surface area (Å²) in [5, 5.41) is 0. The Hall–Kier alpha value is -2.04. The number of ether oxygens (including phenoxy) is 3. The highest BCUT2D eigenvalue weighted by molar-refractivity contribution is 5.96. The number of esters is 2. The quantitative estimate of drug-likeness (QED) is 0.623. The maximum atomic E-state index is 11.8. The molecule has 1 fully saturated rings. The van der Waals surface area contributed by atoms with E-state index in [1.54, 1.807) is 21.0 Å². The van der Waals surface area contributed by atoms with Crippen molar-refractivity contribution in [3.63, 3.8) is 0 Å². The zero-order chi connectivity index (χ0) is 14.8. The van der Waals surface area contributed by atoms with Gasteiger partial charge in [-0.15, -0.1) is 0 Å². The molecule has 1 heterocycles. The third-order valence-corrected chi connectivity index (χ3v) is 3.14. The summed E-state index contributed by atoms with van der Waals surface area (Å²) in [6, 6.07) is 7.50. The highest BCUT2D eigenvalue weighted by Crippen LogP contribution is 2.26. The van der Waals surface area contributed by atoms with Crippen LogP contribution in [0.4, 0.5) is 0 Å². The summed E-state index contributed by atoms with van der Waals surface area (Å²) in [5.74, 6) is -2.26. The monoisotopic (exact) mass is 278 g/mol. The molecule has 1 aliphatic heterocycles. The molecular weight excluding hydrogens is 260 g/mol. The van der Waals surface area contributed by atoms with Gasteiger partial charge in [0, 0.05) is 13.8 Å². The van der Waals surface area contributed by atoms with Gasteiger partial charge in [0.15, 0.2) is 5.92 Å². The van der Waals surface area contributed by atoms with E-state index in [1.807, 2.05) is 24.3 Å². The summed E-state index contributed by atoms with van der Waals surface area (Å²) >= 11 is 0. The van der Waals surface area contributed by atoms with Gasteiger partial charge in [0.05, 0.1) is 7.11 Å². The molecule has 1 aromatic carbocycles. The number of aryl methyl sites for hydroxylation is 1. The highest BCUT2D eigenvalue weighted by atomic mass is 16.7. The Kier molecular flexibility index (Phi) is 3.97. The van der Waals surface area contributed by atoms with Crippen LogP contribution in [0.3, 0.4) is 0 Å². The lowest BCUT2D eigenvalue weighted by Gasteiger charge is -2.32. The molecule has 0 unspecified atom stereocenters. The fraction of sp³-hybridized carbons (Fsp3) is 0.467. The largest absolute Gasteiger partial charge is 0.497 e. The summed E-state index contributed by atoms with van der Waals surface area (Å²) in [5.41, 5.74) is 1.02. The van der Waals surface area contributed by atoms with Gasteiger partial charge in [-0.05, 0) is 30.5 Å². The number of benzene rings is 1. The van der Waals surface area contributed by atoms with E-state index in [2.05, 4.69) is 0 Å². The van der Waals surface area contributed by atoms with Crippen LogP contribution in [0, 0.1) is 5.92 Å². The van der Waals surface area contributed by atoms with E-state index < -0.39 is 23.6 Å². The Morgan fingerprint density at radius 3 is 2.15 bits per heavy atom. The van der Waals surface area contributed by atoms with E-state index in [4.69, 9.17) is 14.2 Å². The molecule has 0 aromatic heterocycles. The van der Waals surface area contributed by atoms with Crippen molar-refractivity contribution in [1.82, 2.24) is 0 Å². The smallest absolute Gasteiger partial charge is 0.323 e. The third kappa shape index (κ3) is 3.29. The molecule has 0 aliphatic carbocycles. The van der Waals surface area contributed by atoms with Gasteiger partial charge < -0.3 is 14.2 Å². The number of carbonyl (C=O) groups is 2. The first-order chi connectivity index (χ1) is 9.41. The van der Waals surface area contributed by atoms with E-state index in [0.717, 1.165) is 11.3 Å². The number of carbonyl (C=O) groups excluding carboxylic acids is 2. The highest BCUT2D eigenvalue weighted by Gasteiger charge is 2.42. The summed E-state index contributed by atoms with van der Waals surface area (Å²) < 4.78 is 15.2. The normalized spacial score (nSPS) is 18.4. The first kappa shape index (κ1) is 14.4. The lowest BCUT2D eigenvalue weighted by atomic mass is 9.98. The zero-order valence-corrected chi connectivity index (χ0v) is 11.8. The average molecular weight is 278 g/mol. The fourth-order valence-corrected chi connectivity index (χ4v) is 2.08. The zero-order valence-electron chi connectivity index (χ0n) is 11.8. The Bertz CT molecular complexity index is 484. The van der Waals surface area contributed by atoms with Gasteiger partial charge in [0.25, 0.3) is 5.79 Å². The molecule has 1 saturated heterocycles. The van der Waals surface area contributed by atoms with Crippen LogP contribution < -0.4 is 4.74 Å². The topological polar surface area (TPSA) is 61.8 Å². The predicted molar refractivity (Wildman–Crippen MR) is 71.1 cm³/mol. The Labute approximate surface area is 117 Å². The predicted octanol–water partition coefficient (Wildman–Crippen LogP) is 2.08. The second kappa shape index (κ2) is 5.53. The van der Waals surface area contributed by atoms with Gasteiger partial charge in [-0.3, -0.25) is 9.59 Å². The molecule has 0 atom stereocenters. The Balaban J connectivity index is 1.96. The van der Waals surface area contributed by atoms with Crippen LogP contribution in [0.15, 0.2) is 24.3 Å². The van der Waals surface area contributed by atoms with Crippen molar-refractivity contribution in [3.8, 4) is 5.75 Å². The minimum atomic E-state index is -1.16. The van der Waals surface area contributed by atoms with Gasteiger partial charge in [-0.1, -0.05) is 12.1 Å². The minimum Gasteiger partial charge on any atom is -0.497 e. The molecule has 2 rings (SSSR count). The van der Waals surface area contributed by atoms with E-state index in [1.165, 1.54) is 0 Å². The van der Waals surface area contributed by atoms with Crippen LogP contribution in [0.2, 0.25) is 0 Å². The molecule has 0 spiro atoms. The number of hydrogen-bond acceptors (Lipinski definition) is 5. The molecule has 5 heteroatoms. The molecular formula is C15H18O5. The molecule has 0 saturated carbocycles. The van der Waals surface area contributed by atoms with Crippen molar-refractivity contribution in [1.29, 1.82) is 0 Å². The lowest BCUT2D eigenvalue weighted by molar-refractivity contribution is -0.240. The van der Waals surface area contributed by atoms with E-state index in [9.17, 15) is 9.59 Å². The summed E-state index contributed by atoms with van der Waals surface area (Å²) in [6.07, 6.45) is 0.972. The van der Waals surface area contributed by atoms with Crippen molar-refractivity contribution < 1.29 is 23.8 Å². The SMILES string of the molecule is COc1ccc(CCC2C(=O)OC(C)(C)OC2=O)cc1. The standard InChI is InChI=1S/C15H18O5/c1-15(2)19-13(16)12(14(17)20-15)9-6-10-4-7-11(18-3)8-5-10/h4-5,7-8,12H,6,9H2,1-3H3. The molecule has 0 radical (unpaired) electrons. The minimum absolute atomic E-state index is 0.375. The van der Waals surface area contributed by atoms with E-state index in [-0.39, 0.29) is 0 Å². The maximum absolute atomic E-state index is 11.8. The van der Waals surface area contributed by atoms with Gasteiger partial charge in [-0.2, -0.15) is 0 Å². The molecule has 20 heavy (non-hydrogen) atoms. The molecule has 0 N–H and O–H groups in total. The molecule has 5 nitrogen and oxygen atoms in total. The van der Waals surface area contributed by atoms with Gasteiger partial charge in [-0.25, -0.2) is 0 Å². The lowest BCUT2D eigenvalue weighted by Crippen LogP contribution is -2.46. The molecule has 0 bridgehead atoms. The number of hydrogen-bond donors (Lipinski definition) is 0. The van der Waals surface area contributed by atoms with Gasteiger partial charge >= 0.3 is 11.9 Å². The summed E-state index contributed by atoms with van der Waals surface area (Å²) in [7, 11) is 1.60. The molecule has 0 amide bonds. The second-order valence-electron chi connectivity index (χ2n) is 5.18. The van der Waals surface area contributed by atoms with Crippen LogP contribution in [0.5, 0.6) is 5.75 Å². The van der Waals surface area contributed by atoms with Crippen LogP contribution in [-0.2, 0) is 25.5 Å².